The number of aliphatic carboxylic acids is 2. The summed E-state index contributed by atoms with van der Waals surface area (Å²) in [6.45, 7) is 3.17. The number of amides is 6. The Morgan fingerprint density at radius 2 is 1.21 bits per heavy atom. The minimum Gasteiger partial charge on any atom is -0.481 e. The molecule has 0 saturated carbocycles. The van der Waals surface area contributed by atoms with Crippen molar-refractivity contribution in [3.8, 4) is 0 Å². The molecule has 6 amide bonds. The average Bonchev–Trinajstić information content (AvgIpc) is 3.76. The van der Waals surface area contributed by atoms with Gasteiger partial charge in [0.1, 0.15) is 36.3 Å². The summed E-state index contributed by atoms with van der Waals surface area (Å²) in [5, 5.41) is 43.9. The number of hydrogen-bond donors (Lipinski definition) is 13. The topological polar surface area (TPSA) is 376 Å². The fourth-order valence-electron chi connectivity index (χ4n) is 6.17. The van der Waals surface area contributed by atoms with Gasteiger partial charge in [0.25, 0.3) is 0 Å². The van der Waals surface area contributed by atoms with Gasteiger partial charge in [-0.25, -0.2) is 9.78 Å². The van der Waals surface area contributed by atoms with Crippen molar-refractivity contribution < 1.29 is 53.7 Å². The van der Waals surface area contributed by atoms with Gasteiger partial charge in [0.15, 0.2) is 0 Å². The zero-order valence-electron chi connectivity index (χ0n) is 35.1. The van der Waals surface area contributed by atoms with E-state index in [1.807, 2.05) is 0 Å². The molecule has 22 heteroatoms. The van der Waals surface area contributed by atoms with E-state index in [0.29, 0.717) is 62.9 Å². The van der Waals surface area contributed by atoms with Crippen molar-refractivity contribution in [3.63, 3.8) is 0 Å². The number of unbranched alkanes of at least 4 members (excludes halogenated alkanes) is 2. The van der Waals surface area contributed by atoms with Crippen molar-refractivity contribution in [1.29, 1.82) is 0 Å². The highest BCUT2D eigenvalue weighted by molar-refractivity contribution is 5.97. The first-order chi connectivity index (χ1) is 29.5. The van der Waals surface area contributed by atoms with Crippen molar-refractivity contribution >= 4 is 47.4 Å². The highest BCUT2D eigenvalue weighted by Crippen LogP contribution is 2.12. The maximum Gasteiger partial charge on any atom is 0.326 e. The third-order valence-corrected chi connectivity index (χ3v) is 10.0. The van der Waals surface area contributed by atoms with E-state index in [-0.39, 0.29) is 19.3 Å². The molecule has 0 spiro atoms. The van der Waals surface area contributed by atoms with Gasteiger partial charge in [-0.1, -0.05) is 57.0 Å². The summed E-state index contributed by atoms with van der Waals surface area (Å²) < 4.78 is 0. The van der Waals surface area contributed by atoms with E-state index < -0.39 is 109 Å². The van der Waals surface area contributed by atoms with Crippen LogP contribution in [-0.2, 0) is 51.2 Å². The van der Waals surface area contributed by atoms with E-state index in [1.165, 1.54) is 12.5 Å². The molecule has 1 aromatic carbocycles. The first kappa shape index (κ1) is 52.2. The molecule has 0 radical (unpaired) electrons. The molecule has 0 saturated heterocycles. The number of aliphatic hydroxyl groups excluding tert-OH is 1. The maximum absolute atomic E-state index is 13.9. The second-order valence-electron chi connectivity index (χ2n) is 14.9. The zero-order chi connectivity index (χ0) is 46.2. The Morgan fingerprint density at radius 3 is 1.76 bits per heavy atom. The summed E-state index contributed by atoms with van der Waals surface area (Å²) in [6, 6.07) is -1.03. The van der Waals surface area contributed by atoms with Crippen molar-refractivity contribution in [2.24, 2.45) is 23.1 Å². The zero-order valence-corrected chi connectivity index (χ0v) is 35.1. The number of rotatable bonds is 30. The number of H-pyrrole nitrogens is 1. The molecular weight excluding hydrogens is 811 g/mol. The molecular formula is C40H63N11O11. The minimum atomic E-state index is -1.83. The number of benzene rings is 1. The average molecular weight is 874 g/mol. The number of carboxylic acid groups (broad SMARTS) is 2. The van der Waals surface area contributed by atoms with Crippen LogP contribution in [0.5, 0.6) is 0 Å². The molecule has 1 aromatic heterocycles. The summed E-state index contributed by atoms with van der Waals surface area (Å²) in [5.41, 5.74) is 18.3. The van der Waals surface area contributed by atoms with Crippen molar-refractivity contribution in [2.75, 3.05) is 19.7 Å². The Labute approximate surface area is 359 Å². The van der Waals surface area contributed by atoms with Crippen LogP contribution in [0.2, 0.25) is 0 Å². The Kier molecular flexibility index (Phi) is 23.4. The van der Waals surface area contributed by atoms with Crippen LogP contribution in [0.25, 0.3) is 0 Å². The molecule has 2 aromatic rings. The third kappa shape index (κ3) is 18.3. The monoisotopic (exact) mass is 873 g/mol. The lowest BCUT2D eigenvalue weighted by molar-refractivity contribution is -0.147. The summed E-state index contributed by atoms with van der Waals surface area (Å²) in [4.78, 5) is 111. The van der Waals surface area contributed by atoms with E-state index >= 15 is 0 Å². The predicted molar refractivity (Wildman–Crippen MR) is 224 cm³/mol. The molecule has 16 N–H and O–H groups in total. The lowest BCUT2D eigenvalue weighted by Gasteiger charge is -2.29. The number of aliphatic hydroxyl groups is 1. The maximum atomic E-state index is 13.9. The summed E-state index contributed by atoms with van der Waals surface area (Å²) >= 11 is 0. The van der Waals surface area contributed by atoms with Gasteiger partial charge in [-0.05, 0) is 56.7 Å². The van der Waals surface area contributed by atoms with Gasteiger partial charge < -0.3 is 69.4 Å². The Hall–Kier alpha value is -5.97. The number of imidazole rings is 1. The molecule has 62 heavy (non-hydrogen) atoms. The number of hydrogen-bond acceptors (Lipinski definition) is 13. The molecule has 1 heterocycles. The quantitative estimate of drug-likeness (QED) is 0.0355. The number of nitrogens with zero attached hydrogens (tertiary/aromatic N) is 1. The number of carbonyl (C=O) groups is 8. The van der Waals surface area contributed by atoms with E-state index in [4.69, 9.17) is 22.3 Å². The normalized spacial score (nSPS) is 14.9. The second kappa shape index (κ2) is 27.8. The molecule has 0 aliphatic heterocycles. The summed E-state index contributed by atoms with van der Waals surface area (Å²) in [7, 11) is 0. The van der Waals surface area contributed by atoms with Gasteiger partial charge in [-0.3, -0.25) is 33.6 Å². The molecule has 0 bridgehead atoms. The van der Waals surface area contributed by atoms with E-state index in [9.17, 15) is 48.6 Å². The number of carboxylic acids is 2. The molecule has 2 rings (SSSR count). The van der Waals surface area contributed by atoms with E-state index in [1.54, 1.807) is 44.2 Å². The number of carbonyl (C=O) groups excluding carboxylic acids is 6. The van der Waals surface area contributed by atoms with Crippen LogP contribution in [0.1, 0.15) is 76.5 Å². The largest absolute Gasteiger partial charge is 0.481 e. The van der Waals surface area contributed by atoms with Crippen LogP contribution in [0.3, 0.4) is 0 Å². The second-order valence-corrected chi connectivity index (χ2v) is 14.9. The molecule has 8 atom stereocenters. The minimum absolute atomic E-state index is 0.0624. The molecule has 22 nitrogen and oxygen atoms in total. The molecule has 344 valence electrons. The van der Waals surface area contributed by atoms with Gasteiger partial charge in [-0.15, -0.1) is 0 Å². The van der Waals surface area contributed by atoms with E-state index in [2.05, 4.69) is 41.9 Å². The number of nitrogens with one attached hydrogen (secondary N) is 7. The first-order valence-corrected chi connectivity index (χ1v) is 20.6. The van der Waals surface area contributed by atoms with Crippen molar-refractivity contribution in [3.05, 3.63) is 54.1 Å². The first-order valence-electron chi connectivity index (χ1n) is 20.6. The van der Waals surface area contributed by atoms with Gasteiger partial charge in [0.2, 0.25) is 35.4 Å². The van der Waals surface area contributed by atoms with Crippen molar-refractivity contribution in [1.82, 2.24) is 41.9 Å². The SMILES string of the molecule is CC[C@H](C)[C@H](NC(=O)[C@H](CO)NC(=O)[C@H](Cc1ccccc1)NC(=O)[C@H](CCCCN)NC(=O)[C@@H](N)CCCCN)C(=O)N[C@@H](Cc1cnc[nH]1)C(=O)N[C@@H](CC(=O)O)C(=O)O. The Balaban J connectivity index is 2.33. The smallest absolute Gasteiger partial charge is 0.326 e. The Morgan fingerprint density at radius 1 is 0.677 bits per heavy atom. The summed E-state index contributed by atoms with van der Waals surface area (Å²) in [5.74, 6) is -8.78. The highest BCUT2D eigenvalue weighted by atomic mass is 16.4. The number of aromatic amines is 1. The lowest BCUT2D eigenvalue weighted by atomic mass is 9.97. The van der Waals surface area contributed by atoms with Gasteiger partial charge in [0, 0.05) is 24.7 Å². The van der Waals surface area contributed by atoms with Crippen LogP contribution in [0.4, 0.5) is 0 Å². The predicted octanol–water partition coefficient (Wildman–Crippen LogP) is -2.71. The third-order valence-electron chi connectivity index (χ3n) is 10.0. The van der Waals surface area contributed by atoms with Crippen molar-refractivity contribution in [2.45, 2.75) is 120 Å². The van der Waals surface area contributed by atoms with Crippen LogP contribution in [0.15, 0.2) is 42.9 Å². The van der Waals surface area contributed by atoms with Gasteiger partial charge >= 0.3 is 11.9 Å². The number of nitrogens with two attached hydrogens (primary N) is 3. The fourth-order valence-corrected chi connectivity index (χ4v) is 6.17. The van der Waals surface area contributed by atoms with Gasteiger partial charge in [0.05, 0.1) is 25.4 Å². The van der Waals surface area contributed by atoms with Gasteiger partial charge in [-0.2, -0.15) is 0 Å². The van der Waals surface area contributed by atoms with Crippen LogP contribution in [-0.4, -0.2) is 135 Å². The van der Waals surface area contributed by atoms with E-state index in [0.717, 1.165) is 0 Å². The Bertz CT molecular complexity index is 1750. The van der Waals surface area contributed by atoms with Crippen LogP contribution in [0, 0.1) is 5.92 Å². The standard InChI is InChI=1S/C40H63N11O11/c1-3-23(2)33(39(60)48-29(18-25-20-44-22-45-25)37(58)49-30(40(61)62)19-32(53)54)51-38(59)31(21-52)50-36(57)28(17-24-11-5-4-6-12-24)47-35(56)27(14-8-10-16-42)46-34(55)26(43)13-7-9-15-41/h4-6,11-12,20,22-23,26-31,33,52H,3,7-10,13-19,21,41-43H2,1-2H3,(H,44,45)(H,46,55)(H,47,56)(H,48,60)(H,49,58)(H,50,57)(H,51,59)(H,53,54)(H,61,62)/t23-,26-,27-,28-,29-,30-,31-,33-/m0/s1. The van der Waals surface area contributed by atoms with Crippen LogP contribution >= 0.6 is 0 Å². The lowest BCUT2D eigenvalue weighted by Crippen LogP contribution is -2.61. The summed E-state index contributed by atoms with van der Waals surface area (Å²) in [6.07, 6.45) is 4.53. The fraction of sp³-hybridized carbons (Fsp3) is 0.575. The molecule has 0 aliphatic rings. The molecule has 0 fully saturated rings. The molecule has 0 aliphatic carbocycles. The number of aromatic nitrogens is 2. The van der Waals surface area contributed by atoms with Crippen LogP contribution < -0.4 is 49.1 Å². The molecule has 0 unspecified atom stereocenters. The highest BCUT2D eigenvalue weighted by Gasteiger charge is 2.35.